The molecule has 4 heteroatoms. The molecule has 0 spiro atoms. The van der Waals surface area contributed by atoms with Crippen LogP contribution in [-0.2, 0) is 0 Å². The predicted molar refractivity (Wildman–Crippen MR) is 76.5 cm³/mol. The number of likely N-dealkylation sites (N-methyl/N-ethyl adjacent to an activating group) is 1. The van der Waals surface area contributed by atoms with E-state index in [9.17, 15) is 10.2 Å². The van der Waals surface area contributed by atoms with Gasteiger partial charge in [0.25, 0.3) is 0 Å². The van der Waals surface area contributed by atoms with Gasteiger partial charge in [-0.2, -0.15) is 0 Å². The lowest BCUT2D eigenvalue weighted by molar-refractivity contribution is 0.199. The minimum Gasteiger partial charge on any atom is -0.508 e. The Morgan fingerprint density at radius 2 is 2.21 bits per heavy atom. The summed E-state index contributed by atoms with van der Waals surface area (Å²) in [6.45, 7) is 7.30. The summed E-state index contributed by atoms with van der Waals surface area (Å²) in [5.74, 6) is 0.277. The van der Waals surface area contributed by atoms with Crippen LogP contribution in [0.1, 0.15) is 38.3 Å². The first-order valence-corrected chi connectivity index (χ1v) is 7.11. The number of hydrogen-bond donors (Lipinski definition) is 3. The maximum Gasteiger partial charge on any atom is 0.124 e. The highest BCUT2D eigenvalue weighted by Crippen LogP contribution is 2.31. The van der Waals surface area contributed by atoms with Gasteiger partial charge in [0.1, 0.15) is 11.5 Å². The molecule has 0 radical (unpaired) electrons. The summed E-state index contributed by atoms with van der Waals surface area (Å²) in [5.41, 5.74) is 0.873. The molecule has 1 saturated heterocycles. The van der Waals surface area contributed by atoms with Crippen molar-refractivity contribution in [2.24, 2.45) is 0 Å². The second kappa shape index (κ2) is 6.26. The van der Waals surface area contributed by atoms with Gasteiger partial charge in [-0.1, -0.05) is 13.0 Å². The average Bonchev–Trinajstić information content (AvgIpc) is 2.88. The standard InChI is InChI=1S/C15H24N2O2/c1-3-17(10-12-5-4-8-16-12)11(2)14-7-6-13(18)9-15(14)19/h6-7,9,11-12,16,18-19H,3-5,8,10H2,1-2H3. The van der Waals surface area contributed by atoms with Crippen LogP contribution in [0, 0.1) is 0 Å². The summed E-state index contributed by atoms with van der Waals surface area (Å²) < 4.78 is 0. The minimum atomic E-state index is 0.106. The van der Waals surface area contributed by atoms with Crippen LogP contribution in [0.2, 0.25) is 0 Å². The summed E-state index contributed by atoms with van der Waals surface area (Å²) in [4.78, 5) is 2.36. The molecule has 0 amide bonds. The zero-order valence-electron chi connectivity index (χ0n) is 11.8. The highest BCUT2D eigenvalue weighted by atomic mass is 16.3. The topological polar surface area (TPSA) is 55.7 Å². The largest absolute Gasteiger partial charge is 0.508 e. The molecule has 19 heavy (non-hydrogen) atoms. The molecule has 1 heterocycles. The summed E-state index contributed by atoms with van der Waals surface area (Å²) >= 11 is 0. The quantitative estimate of drug-likeness (QED) is 0.763. The molecule has 1 aliphatic heterocycles. The molecular weight excluding hydrogens is 240 g/mol. The number of rotatable bonds is 5. The minimum absolute atomic E-state index is 0.106. The fourth-order valence-electron chi connectivity index (χ4n) is 2.84. The fraction of sp³-hybridized carbons (Fsp3) is 0.600. The first-order chi connectivity index (χ1) is 9.11. The van der Waals surface area contributed by atoms with Gasteiger partial charge in [-0.25, -0.2) is 0 Å². The molecule has 106 valence electrons. The van der Waals surface area contributed by atoms with Gasteiger partial charge in [-0.15, -0.1) is 0 Å². The van der Waals surface area contributed by atoms with Gasteiger partial charge in [0, 0.05) is 30.3 Å². The fourth-order valence-corrected chi connectivity index (χ4v) is 2.84. The second-order valence-electron chi connectivity index (χ2n) is 5.30. The van der Waals surface area contributed by atoms with Crippen molar-refractivity contribution in [1.29, 1.82) is 0 Å². The Labute approximate surface area is 115 Å². The van der Waals surface area contributed by atoms with Crippen LogP contribution in [-0.4, -0.2) is 40.8 Å². The first kappa shape index (κ1) is 14.2. The third-order valence-corrected chi connectivity index (χ3v) is 4.04. The Bertz CT molecular complexity index is 417. The zero-order chi connectivity index (χ0) is 13.8. The lowest BCUT2D eigenvalue weighted by Crippen LogP contribution is -2.38. The van der Waals surface area contributed by atoms with Crippen molar-refractivity contribution in [3.8, 4) is 11.5 Å². The smallest absolute Gasteiger partial charge is 0.124 e. The van der Waals surface area contributed by atoms with E-state index in [0.29, 0.717) is 6.04 Å². The average molecular weight is 264 g/mol. The van der Waals surface area contributed by atoms with Crippen molar-refractivity contribution in [3.05, 3.63) is 23.8 Å². The van der Waals surface area contributed by atoms with Crippen molar-refractivity contribution < 1.29 is 10.2 Å². The molecule has 0 aliphatic carbocycles. The number of phenols is 2. The van der Waals surface area contributed by atoms with Gasteiger partial charge < -0.3 is 15.5 Å². The maximum atomic E-state index is 9.96. The molecule has 0 saturated carbocycles. The van der Waals surface area contributed by atoms with Crippen LogP contribution in [0.25, 0.3) is 0 Å². The molecule has 1 aromatic rings. The Morgan fingerprint density at radius 3 is 2.79 bits per heavy atom. The molecule has 1 aromatic carbocycles. The van der Waals surface area contributed by atoms with Gasteiger partial charge in [-0.3, -0.25) is 4.90 Å². The van der Waals surface area contributed by atoms with Gasteiger partial charge >= 0.3 is 0 Å². The number of benzene rings is 1. The zero-order valence-corrected chi connectivity index (χ0v) is 11.8. The highest BCUT2D eigenvalue weighted by molar-refractivity contribution is 5.40. The van der Waals surface area contributed by atoms with Crippen LogP contribution < -0.4 is 5.32 Å². The van der Waals surface area contributed by atoms with E-state index in [0.717, 1.165) is 25.2 Å². The van der Waals surface area contributed by atoms with Crippen LogP contribution in [0.5, 0.6) is 11.5 Å². The van der Waals surface area contributed by atoms with Gasteiger partial charge in [-0.05, 0) is 38.9 Å². The Hall–Kier alpha value is -1.26. The summed E-state index contributed by atoms with van der Waals surface area (Å²) in [5, 5.41) is 22.8. The molecule has 0 aromatic heterocycles. The van der Waals surface area contributed by atoms with Crippen LogP contribution >= 0.6 is 0 Å². The van der Waals surface area contributed by atoms with E-state index >= 15 is 0 Å². The van der Waals surface area contributed by atoms with Gasteiger partial charge in [0.15, 0.2) is 0 Å². The van der Waals surface area contributed by atoms with Crippen LogP contribution in [0.15, 0.2) is 18.2 Å². The number of nitrogens with zero attached hydrogens (tertiary/aromatic N) is 1. The predicted octanol–water partition coefficient (Wildman–Crippen LogP) is 2.23. The van der Waals surface area contributed by atoms with E-state index in [1.54, 1.807) is 12.1 Å². The van der Waals surface area contributed by atoms with E-state index < -0.39 is 0 Å². The third kappa shape index (κ3) is 3.39. The third-order valence-electron chi connectivity index (χ3n) is 4.04. The highest BCUT2D eigenvalue weighted by Gasteiger charge is 2.22. The van der Waals surface area contributed by atoms with E-state index in [4.69, 9.17) is 0 Å². The maximum absolute atomic E-state index is 9.96. The lowest BCUT2D eigenvalue weighted by atomic mass is 10.0. The molecular formula is C15H24N2O2. The summed E-state index contributed by atoms with van der Waals surface area (Å²) in [6, 6.07) is 5.55. The SMILES string of the molecule is CCN(CC1CCCN1)C(C)c1ccc(O)cc1O. The van der Waals surface area contributed by atoms with E-state index in [2.05, 4.69) is 24.1 Å². The van der Waals surface area contributed by atoms with Crippen LogP contribution in [0.4, 0.5) is 0 Å². The normalized spacial score (nSPS) is 20.9. The Kier molecular flexibility index (Phi) is 4.66. The Balaban J connectivity index is 2.08. The molecule has 3 N–H and O–H groups in total. The van der Waals surface area contributed by atoms with E-state index in [1.807, 2.05) is 0 Å². The molecule has 0 bridgehead atoms. The van der Waals surface area contributed by atoms with Crippen molar-refractivity contribution in [2.45, 2.75) is 38.8 Å². The van der Waals surface area contributed by atoms with Gasteiger partial charge in [0.05, 0.1) is 0 Å². The van der Waals surface area contributed by atoms with E-state index in [-0.39, 0.29) is 17.5 Å². The number of hydrogen-bond acceptors (Lipinski definition) is 4. The van der Waals surface area contributed by atoms with Crippen molar-refractivity contribution in [3.63, 3.8) is 0 Å². The number of phenolic OH excluding ortho intramolecular Hbond substituents is 2. The molecule has 1 fully saturated rings. The summed E-state index contributed by atoms with van der Waals surface area (Å²) in [6.07, 6.45) is 2.48. The molecule has 2 atom stereocenters. The number of nitrogens with one attached hydrogen (secondary N) is 1. The Morgan fingerprint density at radius 1 is 1.42 bits per heavy atom. The van der Waals surface area contributed by atoms with Gasteiger partial charge in [0.2, 0.25) is 0 Å². The van der Waals surface area contributed by atoms with Crippen molar-refractivity contribution in [1.82, 2.24) is 10.2 Å². The lowest BCUT2D eigenvalue weighted by Gasteiger charge is -2.31. The van der Waals surface area contributed by atoms with E-state index in [1.165, 1.54) is 18.9 Å². The number of aromatic hydroxyl groups is 2. The second-order valence-corrected chi connectivity index (χ2v) is 5.30. The van der Waals surface area contributed by atoms with Crippen molar-refractivity contribution in [2.75, 3.05) is 19.6 Å². The molecule has 2 unspecified atom stereocenters. The first-order valence-electron chi connectivity index (χ1n) is 7.11. The molecule has 2 rings (SSSR count). The van der Waals surface area contributed by atoms with Crippen LogP contribution in [0.3, 0.4) is 0 Å². The molecule has 4 nitrogen and oxygen atoms in total. The van der Waals surface area contributed by atoms with Crippen molar-refractivity contribution >= 4 is 0 Å². The summed E-state index contributed by atoms with van der Waals surface area (Å²) in [7, 11) is 0. The monoisotopic (exact) mass is 264 g/mol. The molecule has 1 aliphatic rings.